The second-order valence-electron chi connectivity index (χ2n) is 7.06. The van der Waals surface area contributed by atoms with Crippen LogP contribution in [0.1, 0.15) is 52.0 Å². The molecule has 2 aliphatic heterocycles. The number of hydrogen-bond acceptors (Lipinski definition) is 6. The number of carbonyl (C=O) groups excluding carboxylic acids is 2. The minimum atomic E-state index is -0.239. The van der Waals surface area contributed by atoms with Crippen molar-refractivity contribution in [2.45, 2.75) is 63.2 Å². The van der Waals surface area contributed by atoms with Gasteiger partial charge in [-0.3, -0.25) is 9.59 Å². The Balaban J connectivity index is 1.99. The summed E-state index contributed by atoms with van der Waals surface area (Å²) in [4.78, 5) is 27.8. The van der Waals surface area contributed by atoms with Crippen LogP contribution in [0, 0.1) is 6.92 Å². The predicted molar refractivity (Wildman–Crippen MR) is 116 cm³/mol. The minimum Gasteiger partial charge on any atom is -0.506 e. The largest absolute Gasteiger partial charge is 0.506 e. The lowest BCUT2D eigenvalue weighted by Crippen LogP contribution is -2.42. The summed E-state index contributed by atoms with van der Waals surface area (Å²) < 4.78 is 6.36. The third kappa shape index (κ3) is 4.10. The molecule has 6 nitrogen and oxygen atoms in total. The van der Waals surface area contributed by atoms with Crippen molar-refractivity contribution >= 4 is 35.3 Å². The molecule has 1 aromatic carbocycles. The van der Waals surface area contributed by atoms with E-state index in [1.54, 1.807) is 16.1 Å². The number of fused-ring (bicyclic) bond motifs is 1. The summed E-state index contributed by atoms with van der Waals surface area (Å²) in [6.07, 6.45) is 3.59. The normalized spacial score (nSPS) is 16.3. The highest BCUT2D eigenvalue weighted by Crippen LogP contribution is 2.60. The molecule has 0 spiro atoms. The van der Waals surface area contributed by atoms with E-state index >= 15 is 0 Å². The maximum atomic E-state index is 13.2. The number of amides is 2. The number of unbranched alkanes of at least 4 members (excludes halogenated alkanes) is 2. The van der Waals surface area contributed by atoms with Crippen LogP contribution in [0.15, 0.2) is 25.7 Å². The quantitative estimate of drug-likeness (QED) is 0.471. The molecule has 0 unspecified atom stereocenters. The van der Waals surface area contributed by atoms with Crippen molar-refractivity contribution in [1.29, 1.82) is 0 Å². The number of hydrazine groups is 1. The molecule has 2 aliphatic rings. The lowest BCUT2D eigenvalue weighted by Gasteiger charge is -2.27. The maximum absolute atomic E-state index is 13.2. The fourth-order valence-electron chi connectivity index (χ4n) is 3.30. The third-order valence-electron chi connectivity index (χ3n) is 4.89. The van der Waals surface area contributed by atoms with Gasteiger partial charge in [0.05, 0.1) is 20.6 Å². The van der Waals surface area contributed by atoms with Crippen LogP contribution in [0.3, 0.4) is 0 Å². The van der Waals surface area contributed by atoms with Crippen LogP contribution in [-0.2, 0) is 9.59 Å². The van der Waals surface area contributed by atoms with Gasteiger partial charge in [-0.15, -0.1) is 0 Å². The summed E-state index contributed by atoms with van der Waals surface area (Å²) in [5.41, 5.74) is 0.924. The van der Waals surface area contributed by atoms with Crippen molar-refractivity contribution < 1.29 is 19.4 Å². The van der Waals surface area contributed by atoms with Crippen molar-refractivity contribution in [3.63, 3.8) is 0 Å². The van der Waals surface area contributed by atoms with E-state index in [0.29, 0.717) is 40.1 Å². The van der Waals surface area contributed by atoms with Crippen molar-refractivity contribution in [3.8, 4) is 11.5 Å². The molecule has 8 heteroatoms. The number of ether oxygens (including phenoxy) is 1. The highest BCUT2D eigenvalue weighted by Gasteiger charge is 2.44. The van der Waals surface area contributed by atoms with Crippen LogP contribution in [0.5, 0.6) is 11.5 Å². The molecule has 0 aromatic heterocycles. The molecule has 2 heterocycles. The average Bonchev–Trinajstić information content (AvgIpc) is 3.22. The van der Waals surface area contributed by atoms with Crippen LogP contribution >= 0.6 is 23.5 Å². The Morgan fingerprint density at radius 1 is 0.966 bits per heavy atom. The zero-order chi connectivity index (χ0) is 21.1. The standard InChI is InChI=1S/C21H28N2O4S2/c1-5-8-10-22-19(25)15(20(26)23(22)11-9-6-2)21-28-17-14(27-7-3)12-13(4)16(24)18(17)29-21/h12,24H,5-11H2,1-4H3. The molecule has 1 fully saturated rings. The fourth-order valence-corrected chi connectivity index (χ4v) is 5.99. The number of phenolic OH excluding ortho intramolecular Hbond substituents is 1. The van der Waals surface area contributed by atoms with Crippen molar-refractivity contribution in [2.24, 2.45) is 0 Å². The summed E-state index contributed by atoms with van der Waals surface area (Å²) in [5, 5.41) is 13.7. The molecule has 158 valence electrons. The summed E-state index contributed by atoms with van der Waals surface area (Å²) >= 11 is 2.64. The third-order valence-corrected chi connectivity index (χ3v) is 7.51. The summed E-state index contributed by atoms with van der Waals surface area (Å²) in [6, 6.07) is 1.80. The van der Waals surface area contributed by atoms with Crippen molar-refractivity contribution in [2.75, 3.05) is 19.7 Å². The number of hydrogen-bond donors (Lipinski definition) is 1. The number of thioether (sulfide) groups is 2. The first-order valence-corrected chi connectivity index (χ1v) is 11.8. The number of nitrogens with zero attached hydrogens (tertiary/aromatic N) is 2. The van der Waals surface area contributed by atoms with Crippen molar-refractivity contribution in [1.82, 2.24) is 10.0 Å². The minimum absolute atomic E-state index is 0.181. The van der Waals surface area contributed by atoms with Gasteiger partial charge in [-0.05, 0) is 38.3 Å². The van der Waals surface area contributed by atoms with E-state index in [1.807, 2.05) is 13.8 Å². The predicted octanol–water partition coefficient (Wildman–Crippen LogP) is 4.69. The first-order chi connectivity index (χ1) is 13.9. The number of benzene rings is 1. The zero-order valence-electron chi connectivity index (χ0n) is 17.4. The molecule has 0 aliphatic carbocycles. The maximum Gasteiger partial charge on any atom is 0.279 e. The molecule has 29 heavy (non-hydrogen) atoms. The van der Waals surface area contributed by atoms with Gasteiger partial charge < -0.3 is 9.84 Å². The molecule has 1 aromatic rings. The smallest absolute Gasteiger partial charge is 0.279 e. The highest BCUT2D eigenvalue weighted by molar-refractivity contribution is 8.25. The lowest BCUT2D eigenvalue weighted by atomic mass is 10.2. The highest BCUT2D eigenvalue weighted by atomic mass is 32.2. The molecule has 0 saturated carbocycles. The molecule has 0 bridgehead atoms. The van der Waals surface area contributed by atoms with Gasteiger partial charge in [0.15, 0.2) is 0 Å². The van der Waals surface area contributed by atoms with E-state index in [1.165, 1.54) is 23.5 Å². The molecule has 2 amide bonds. The second kappa shape index (κ2) is 9.34. The van der Waals surface area contributed by atoms with E-state index in [9.17, 15) is 14.7 Å². The van der Waals surface area contributed by atoms with Crippen LogP contribution in [0.2, 0.25) is 0 Å². The monoisotopic (exact) mass is 436 g/mol. The molecular formula is C21H28N2O4S2. The van der Waals surface area contributed by atoms with Gasteiger partial charge >= 0.3 is 0 Å². The second-order valence-corrected chi connectivity index (χ2v) is 9.36. The average molecular weight is 437 g/mol. The molecular weight excluding hydrogens is 408 g/mol. The van der Waals surface area contributed by atoms with Gasteiger partial charge in [-0.1, -0.05) is 50.2 Å². The van der Waals surface area contributed by atoms with Crippen LogP contribution in [0.4, 0.5) is 0 Å². The Morgan fingerprint density at radius 3 is 2.03 bits per heavy atom. The number of aryl methyl sites for hydroxylation is 1. The van der Waals surface area contributed by atoms with E-state index in [4.69, 9.17) is 4.74 Å². The van der Waals surface area contributed by atoms with E-state index in [0.717, 1.165) is 30.6 Å². The van der Waals surface area contributed by atoms with Gasteiger partial charge in [0.2, 0.25) is 0 Å². The number of aromatic hydroxyl groups is 1. The summed E-state index contributed by atoms with van der Waals surface area (Å²) in [7, 11) is 0. The van der Waals surface area contributed by atoms with Crippen molar-refractivity contribution in [3.05, 3.63) is 21.4 Å². The Hall–Kier alpha value is -1.80. The Bertz CT molecular complexity index is 826. The molecule has 0 atom stereocenters. The van der Waals surface area contributed by atoms with E-state index in [-0.39, 0.29) is 23.1 Å². The van der Waals surface area contributed by atoms with Gasteiger partial charge in [0.25, 0.3) is 11.8 Å². The Labute approximate surface area is 180 Å². The molecule has 1 N–H and O–H groups in total. The topological polar surface area (TPSA) is 70.1 Å². The van der Waals surface area contributed by atoms with Crippen LogP contribution in [0.25, 0.3) is 0 Å². The first kappa shape index (κ1) is 21.9. The van der Waals surface area contributed by atoms with Crippen LogP contribution in [-0.4, -0.2) is 46.6 Å². The van der Waals surface area contributed by atoms with Gasteiger partial charge in [-0.25, -0.2) is 10.0 Å². The van der Waals surface area contributed by atoms with Gasteiger partial charge in [0, 0.05) is 13.1 Å². The Kier molecular flexibility index (Phi) is 7.05. The summed E-state index contributed by atoms with van der Waals surface area (Å²) in [5.74, 6) is 0.377. The summed E-state index contributed by atoms with van der Waals surface area (Å²) in [6.45, 7) is 9.44. The van der Waals surface area contributed by atoms with Gasteiger partial charge in [-0.2, -0.15) is 0 Å². The first-order valence-electron chi connectivity index (χ1n) is 10.2. The Morgan fingerprint density at radius 2 is 1.52 bits per heavy atom. The molecule has 0 radical (unpaired) electrons. The zero-order valence-corrected chi connectivity index (χ0v) is 19.0. The fraction of sp³-hybridized carbons (Fsp3) is 0.524. The number of rotatable bonds is 8. The number of carbonyl (C=O) groups is 2. The van der Waals surface area contributed by atoms with Crippen LogP contribution < -0.4 is 4.74 Å². The number of phenols is 1. The SMILES string of the molecule is CCCCN1C(=O)C(=C2Sc3c(OCC)cc(C)c(O)c3S2)C(=O)N1CCCC. The molecule has 3 rings (SSSR count). The van der Waals surface area contributed by atoms with E-state index < -0.39 is 0 Å². The lowest BCUT2D eigenvalue weighted by molar-refractivity contribution is -0.147. The van der Waals surface area contributed by atoms with Gasteiger partial charge in [0.1, 0.15) is 17.1 Å². The van der Waals surface area contributed by atoms with E-state index in [2.05, 4.69) is 13.8 Å². The molecule has 1 saturated heterocycles.